The number of phenols is 2. The quantitative estimate of drug-likeness (QED) is 0.498. The molecule has 0 unspecified atom stereocenters. The summed E-state index contributed by atoms with van der Waals surface area (Å²) in [7, 11) is 1.42. The molecule has 0 aliphatic rings. The van der Waals surface area contributed by atoms with Gasteiger partial charge in [-0.1, -0.05) is 12.1 Å². The smallest absolute Gasteiger partial charge is 0.293 e. The number of benzene rings is 2. The van der Waals surface area contributed by atoms with Crippen molar-refractivity contribution >= 4 is 23.0 Å². The van der Waals surface area contributed by atoms with Crippen LogP contribution in [0.5, 0.6) is 17.2 Å². The van der Waals surface area contributed by atoms with E-state index in [1.807, 2.05) is 0 Å². The molecule has 0 spiro atoms. The molecule has 6 heteroatoms. The summed E-state index contributed by atoms with van der Waals surface area (Å²) in [6.07, 6.45) is 0. The fourth-order valence-corrected chi connectivity index (χ4v) is 2.33. The average Bonchev–Trinajstić information content (AvgIpc) is 2.48. The summed E-state index contributed by atoms with van der Waals surface area (Å²) in [5.41, 5.74) is -0.0285. The fourth-order valence-electron chi connectivity index (χ4n) is 2.33. The molecular weight excluding hydrogens is 276 g/mol. The van der Waals surface area contributed by atoms with Gasteiger partial charge in [0.25, 0.3) is 6.47 Å². The number of hydrogen-bond donors (Lipinski definition) is 2. The van der Waals surface area contributed by atoms with E-state index in [2.05, 4.69) is 4.74 Å². The third-order valence-electron chi connectivity index (χ3n) is 3.21. The minimum atomic E-state index is -0.458. The van der Waals surface area contributed by atoms with Crippen molar-refractivity contribution in [2.24, 2.45) is 0 Å². The van der Waals surface area contributed by atoms with Crippen LogP contribution in [-0.2, 0) is 16.1 Å². The lowest BCUT2D eigenvalue weighted by Crippen LogP contribution is -2.04. The van der Waals surface area contributed by atoms with E-state index in [1.165, 1.54) is 14.0 Å². The Kier molecular flexibility index (Phi) is 3.98. The first kappa shape index (κ1) is 14.6. The van der Waals surface area contributed by atoms with Crippen LogP contribution < -0.4 is 4.74 Å². The number of aromatic hydroxyl groups is 2. The lowest BCUT2D eigenvalue weighted by atomic mass is 9.95. The highest BCUT2D eigenvalue weighted by Crippen LogP contribution is 2.44. The van der Waals surface area contributed by atoms with Crippen LogP contribution in [0.15, 0.2) is 18.2 Å². The highest BCUT2D eigenvalue weighted by molar-refractivity contribution is 6.09. The molecule has 0 saturated carbocycles. The van der Waals surface area contributed by atoms with Gasteiger partial charge >= 0.3 is 0 Å². The average molecular weight is 290 g/mol. The van der Waals surface area contributed by atoms with E-state index in [-0.39, 0.29) is 41.1 Å². The number of ketones is 1. The molecule has 21 heavy (non-hydrogen) atoms. The van der Waals surface area contributed by atoms with Crippen LogP contribution in [0, 0.1) is 0 Å². The number of rotatable bonds is 5. The maximum absolute atomic E-state index is 11.8. The molecule has 110 valence electrons. The van der Waals surface area contributed by atoms with Crippen LogP contribution in [0.4, 0.5) is 0 Å². The Morgan fingerprint density at radius 2 is 2.00 bits per heavy atom. The zero-order chi connectivity index (χ0) is 15.6. The monoisotopic (exact) mass is 290 g/mol. The van der Waals surface area contributed by atoms with Crippen molar-refractivity contribution in [2.75, 3.05) is 7.11 Å². The van der Waals surface area contributed by atoms with Gasteiger partial charge in [0.15, 0.2) is 5.78 Å². The van der Waals surface area contributed by atoms with Gasteiger partial charge in [-0.15, -0.1) is 0 Å². The van der Waals surface area contributed by atoms with Gasteiger partial charge in [0.1, 0.15) is 23.9 Å². The summed E-state index contributed by atoms with van der Waals surface area (Å²) in [6, 6.07) is 4.81. The predicted molar refractivity (Wildman–Crippen MR) is 74.7 cm³/mol. The summed E-state index contributed by atoms with van der Waals surface area (Å²) < 4.78 is 9.77. The van der Waals surface area contributed by atoms with Crippen molar-refractivity contribution in [2.45, 2.75) is 13.5 Å². The topological polar surface area (TPSA) is 93.1 Å². The van der Waals surface area contributed by atoms with Crippen molar-refractivity contribution in [3.05, 3.63) is 29.3 Å². The van der Waals surface area contributed by atoms with Crippen LogP contribution in [0.3, 0.4) is 0 Å². The molecule has 2 N–H and O–H groups in total. The largest absolute Gasteiger partial charge is 0.507 e. The number of methoxy groups -OCH3 is 1. The molecule has 0 radical (unpaired) electrons. The molecule has 0 saturated heterocycles. The second kappa shape index (κ2) is 5.70. The highest BCUT2D eigenvalue weighted by Gasteiger charge is 2.24. The van der Waals surface area contributed by atoms with Crippen LogP contribution in [0.2, 0.25) is 0 Å². The first-order valence-corrected chi connectivity index (χ1v) is 6.12. The van der Waals surface area contributed by atoms with Crippen molar-refractivity contribution in [1.29, 1.82) is 0 Å². The van der Waals surface area contributed by atoms with Gasteiger partial charge in [0.2, 0.25) is 0 Å². The zero-order valence-electron chi connectivity index (χ0n) is 11.5. The minimum absolute atomic E-state index is 0.0628. The standard InChI is InChI=1S/C15H14O6/c1-8(17)12-10(6-21-7-16)14(18)9-4-3-5-11(20-2)13(9)15(12)19/h3-5,7,18-19H,6H2,1-2H3. The van der Waals surface area contributed by atoms with Crippen LogP contribution in [0.1, 0.15) is 22.8 Å². The number of fused-ring (bicyclic) bond motifs is 1. The summed E-state index contributed by atoms with van der Waals surface area (Å²) in [6.45, 7) is 1.14. The van der Waals surface area contributed by atoms with Crippen molar-refractivity contribution in [3.63, 3.8) is 0 Å². The molecule has 2 rings (SSSR count). The molecule has 6 nitrogen and oxygen atoms in total. The summed E-state index contributed by atoms with van der Waals surface area (Å²) in [5.74, 6) is -0.670. The molecular formula is C15H14O6. The maximum Gasteiger partial charge on any atom is 0.293 e. The Morgan fingerprint density at radius 3 is 2.57 bits per heavy atom. The summed E-state index contributed by atoms with van der Waals surface area (Å²) >= 11 is 0. The second-order valence-electron chi connectivity index (χ2n) is 4.40. The number of Topliss-reactive ketones (excluding diaryl/α,β-unsaturated/α-hetero) is 1. The van der Waals surface area contributed by atoms with Crippen molar-refractivity contribution in [1.82, 2.24) is 0 Å². The highest BCUT2D eigenvalue weighted by atomic mass is 16.5. The third-order valence-corrected chi connectivity index (χ3v) is 3.21. The lowest BCUT2D eigenvalue weighted by Gasteiger charge is -2.16. The first-order valence-electron chi connectivity index (χ1n) is 6.12. The van der Waals surface area contributed by atoms with Gasteiger partial charge in [0.05, 0.1) is 18.1 Å². The molecule has 2 aromatic rings. The molecule has 0 aromatic heterocycles. The lowest BCUT2D eigenvalue weighted by molar-refractivity contribution is -0.129. The van der Waals surface area contributed by atoms with E-state index in [4.69, 9.17) is 4.74 Å². The summed E-state index contributed by atoms with van der Waals surface area (Å²) in [4.78, 5) is 22.1. The maximum atomic E-state index is 11.8. The second-order valence-corrected chi connectivity index (χ2v) is 4.40. The fraction of sp³-hybridized carbons (Fsp3) is 0.200. The van der Waals surface area contributed by atoms with Crippen molar-refractivity contribution in [3.8, 4) is 17.2 Å². The number of ether oxygens (including phenoxy) is 2. The van der Waals surface area contributed by atoms with Crippen LogP contribution in [0.25, 0.3) is 10.8 Å². The summed E-state index contributed by atoms with van der Waals surface area (Å²) in [5, 5.41) is 21.3. The van der Waals surface area contributed by atoms with Gasteiger partial charge in [-0.2, -0.15) is 0 Å². The molecule has 0 heterocycles. The Hall–Kier alpha value is -2.76. The Labute approximate surface area is 120 Å². The van der Waals surface area contributed by atoms with Gasteiger partial charge in [-0.25, -0.2) is 0 Å². The van der Waals surface area contributed by atoms with Crippen molar-refractivity contribution < 1.29 is 29.3 Å². The molecule has 0 aliphatic carbocycles. The molecule has 0 bridgehead atoms. The zero-order valence-corrected chi connectivity index (χ0v) is 11.5. The van der Waals surface area contributed by atoms with Gasteiger partial charge < -0.3 is 19.7 Å². The van der Waals surface area contributed by atoms with E-state index in [0.717, 1.165) is 0 Å². The van der Waals surface area contributed by atoms with Gasteiger partial charge in [0, 0.05) is 10.9 Å². The number of phenolic OH excluding ortho intramolecular Hbond substituents is 2. The Balaban J connectivity index is 2.90. The van der Waals surface area contributed by atoms with Gasteiger partial charge in [-0.05, 0) is 13.0 Å². The number of hydrogen-bond acceptors (Lipinski definition) is 6. The number of carbonyl (C=O) groups is 2. The van der Waals surface area contributed by atoms with E-state index in [0.29, 0.717) is 11.1 Å². The van der Waals surface area contributed by atoms with E-state index < -0.39 is 5.78 Å². The van der Waals surface area contributed by atoms with E-state index >= 15 is 0 Å². The molecule has 2 aromatic carbocycles. The van der Waals surface area contributed by atoms with Gasteiger partial charge in [-0.3, -0.25) is 9.59 Å². The Morgan fingerprint density at radius 1 is 1.29 bits per heavy atom. The number of carbonyl (C=O) groups excluding carboxylic acids is 2. The normalized spacial score (nSPS) is 10.4. The molecule has 0 aliphatic heterocycles. The van der Waals surface area contributed by atoms with Crippen LogP contribution in [-0.4, -0.2) is 29.6 Å². The molecule has 0 fully saturated rings. The van der Waals surface area contributed by atoms with E-state index in [1.54, 1.807) is 18.2 Å². The first-order chi connectivity index (χ1) is 10.0. The Bertz CT molecular complexity index is 720. The van der Waals surface area contributed by atoms with E-state index in [9.17, 15) is 19.8 Å². The molecule has 0 atom stereocenters. The SMILES string of the molecule is COc1cccc2c(O)c(COC=O)c(C(C)=O)c(O)c12. The van der Waals surface area contributed by atoms with Crippen LogP contribution >= 0.6 is 0 Å². The molecule has 0 amide bonds. The minimum Gasteiger partial charge on any atom is -0.507 e. The third kappa shape index (κ3) is 2.35. The predicted octanol–water partition coefficient (Wildman–Crippen LogP) is 2.14.